The minimum absolute atomic E-state index is 0. The summed E-state index contributed by atoms with van der Waals surface area (Å²) >= 11 is 0. The van der Waals surface area contributed by atoms with Gasteiger partial charge in [0.2, 0.25) is 0 Å². The predicted molar refractivity (Wildman–Crippen MR) is 129 cm³/mol. The van der Waals surface area contributed by atoms with Crippen molar-refractivity contribution in [2.24, 2.45) is 4.99 Å². The van der Waals surface area contributed by atoms with E-state index < -0.39 is 0 Å². The van der Waals surface area contributed by atoms with Gasteiger partial charge in [-0.1, -0.05) is 55.0 Å². The Hall–Kier alpha value is -2.42. The Bertz CT molecular complexity index is 906. The van der Waals surface area contributed by atoms with Gasteiger partial charge in [0, 0.05) is 18.8 Å². The number of aryl methyl sites for hydroxylation is 1. The molecule has 3 aromatic rings. The first-order valence-corrected chi connectivity index (χ1v) is 9.70. The van der Waals surface area contributed by atoms with Crippen LogP contribution in [0.1, 0.15) is 36.7 Å². The van der Waals surface area contributed by atoms with Crippen LogP contribution in [-0.2, 0) is 6.54 Å². The van der Waals surface area contributed by atoms with Crippen molar-refractivity contribution in [3.05, 3.63) is 77.9 Å². The lowest BCUT2D eigenvalue weighted by atomic mass is 9.99. The predicted octanol–water partition coefficient (Wildman–Crippen LogP) is 4.05. The Kier molecular flexibility index (Phi) is 9.11. The van der Waals surface area contributed by atoms with Crippen molar-refractivity contribution in [1.29, 1.82) is 0 Å². The Morgan fingerprint density at radius 2 is 1.90 bits per heavy atom. The maximum absolute atomic E-state index is 4.70. The van der Waals surface area contributed by atoms with Crippen LogP contribution < -0.4 is 10.6 Å². The lowest BCUT2D eigenvalue weighted by Crippen LogP contribution is -2.39. The second-order valence-electron chi connectivity index (χ2n) is 6.84. The first-order valence-electron chi connectivity index (χ1n) is 9.70. The van der Waals surface area contributed by atoms with E-state index in [0.717, 1.165) is 30.6 Å². The molecule has 6 nitrogen and oxygen atoms in total. The molecule has 0 fully saturated rings. The van der Waals surface area contributed by atoms with Crippen LogP contribution in [0.15, 0.2) is 65.9 Å². The summed E-state index contributed by atoms with van der Waals surface area (Å²) in [6, 6.07) is 18.7. The second kappa shape index (κ2) is 11.5. The van der Waals surface area contributed by atoms with Gasteiger partial charge in [-0.05, 0) is 37.5 Å². The Morgan fingerprint density at radius 1 is 1.10 bits per heavy atom. The summed E-state index contributed by atoms with van der Waals surface area (Å²) in [6.07, 6.45) is 1.72. The molecule has 154 valence electrons. The van der Waals surface area contributed by atoms with E-state index in [9.17, 15) is 0 Å². The quantitative estimate of drug-likeness (QED) is 0.290. The van der Waals surface area contributed by atoms with Crippen LogP contribution in [0.2, 0.25) is 0 Å². The van der Waals surface area contributed by atoms with Gasteiger partial charge < -0.3 is 10.6 Å². The standard InChI is InChI=1S/C22H28N6.HI/c1-4-23-22(24-14-18(3)19-10-8-9-17(2)13-19)25-15-21-27-26-16-28(21)20-11-6-5-7-12-20;/h5-13,16,18H,4,14-15H2,1-3H3,(H2,23,24,25);1H. The van der Waals surface area contributed by atoms with E-state index in [2.05, 4.69) is 65.9 Å². The molecule has 2 aromatic carbocycles. The largest absolute Gasteiger partial charge is 0.357 e. The van der Waals surface area contributed by atoms with Crippen molar-refractivity contribution in [3.63, 3.8) is 0 Å². The maximum Gasteiger partial charge on any atom is 0.191 e. The van der Waals surface area contributed by atoms with E-state index in [1.54, 1.807) is 6.33 Å². The number of aromatic nitrogens is 3. The molecular weight excluding hydrogens is 475 g/mol. The van der Waals surface area contributed by atoms with Gasteiger partial charge in [0.1, 0.15) is 12.9 Å². The number of nitrogens with one attached hydrogen (secondary N) is 2. The zero-order valence-electron chi connectivity index (χ0n) is 17.2. The molecule has 0 bridgehead atoms. The van der Waals surface area contributed by atoms with Gasteiger partial charge in [0.15, 0.2) is 11.8 Å². The fourth-order valence-corrected chi connectivity index (χ4v) is 3.01. The first kappa shape index (κ1) is 22.9. The molecule has 0 radical (unpaired) electrons. The summed E-state index contributed by atoms with van der Waals surface area (Å²) in [5.74, 6) is 1.97. The monoisotopic (exact) mass is 504 g/mol. The lowest BCUT2D eigenvalue weighted by Gasteiger charge is -2.16. The summed E-state index contributed by atoms with van der Waals surface area (Å²) in [5.41, 5.74) is 3.64. The fourth-order valence-electron chi connectivity index (χ4n) is 3.01. The van der Waals surface area contributed by atoms with Crippen LogP contribution in [0.5, 0.6) is 0 Å². The highest BCUT2D eigenvalue weighted by Gasteiger charge is 2.09. The van der Waals surface area contributed by atoms with E-state index in [1.165, 1.54) is 11.1 Å². The summed E-state index contributed by atoms with van der Waals surface area (Å²) in [5, 5.41) is 15.0. The molecule has 1 unspecified atom stereocenters. The highest BCUT2D eigenvalue weighted by atomic mass is 127. The molecule has 0 aliphatic heterocycles. The second-order valence-corrected chi connectivity index (χ2v) is 6.84. The van der Waals surface area contributed by atoms with Crippen molar-refractivity contribution in [2.75, 3.05) is 13.1 Å². The number of nitrogens with zero attached hydrogens (tertiary/aromatic N) is 4. The van der Waals surface area contributed by atoms with Crippen LogP contribution in [0.4, 0.5) is 0 Å². The van der Waals surface area contributed by atoms with Gasteiger partial charge in [-0.2, -0.15) is 0 Å². The van der Waals surface area contributed by atoms with Crippen molar-refractivity contribution in [3.8, 4) is 5.69 Å². The average Bonchev–Trinajstić information content (AvgIpc) is 3.19. The third-order valence-corrected chi connectivity index (χ3v) is 4.56. The Labute approximate surface area is 189 Å². The number of aliphatic imine (C=N–C) groups is 1. The molecule has 0 saturated carbocycles. The molecule has 1 heterocycles. The van der Waals surface area contributed by atoms with E-state index in [0.29, 0.717) is 12.5 Å². The summed E-state index contributed by atoms with van der Waals surface area (Å²) in [6.45, 7) is 8.46. The molecule has 0 spiro atoms. The van der Waals surface area contributed by atoms with Gasteiger partial charge in [0.05, 0.1) is 0 Å². The van der Waals surface area contributed by atoms with Crippen LogP contribution in [0.25, 0.3) is 5.69 Å². The van der Waals surface area contributed by atoms with Gasteiger partial charge in [0.25, 0.3) is 0 Å². The molecule has 2 N–H and O–H groups in total. The molecule has 0 saturated heterocycles. The molecule has 1 atom stereocenters. The van der Waals surface area contributed by atoms with E-state index >= 15 is 0 Å². The normalized spacial score (nSPS) is 12.2. The van der Waals surface area contributed by atoms with E-state index in [-0.39, 0.29) is 24.0 Å². The highest BCUT2D eigenvalue weighted by molar-refractivity contribution is 14.0. The summed E-state index contributed by atoms with van der Waals surface area (Å²) in [7, 11) is 0. The van der Waals surface area contributed by atoms with Crippen molar-refractivity contribution in [1.82, 2.24) is 25.4 Å². The van der Waals surface area contributed by atoms with E-state index in [4.69, 9.17) is 4.99 Å². The average molecular weight is 504 g/mol. The van der Waals surface area contributed by atoms with Gasteiger partial charge in [-0.15, -0.1) is 34.2 Å². The molecule has 0 amide bonds. The van der Waals surface area contributed by atoms with E-state index in [1.807, 2.05) is 34.9 Å². The SMILES string of the molecule is CCNC(=NCc1nncn1-c1ccccc1)NCC(C)c1cccc(C)c1.I. The highest BCUT2D eigenvalue weighted by Crippen LogP contribution is 2.15. The smallest absolute Gasteiger partial charge is 0.191 e. The topological polar surface area (TPSA) is 67.1 Å². The third kappa shape index (κ3) is 6.56. The number of para-hydroxylation sites is 1. The Balaban J connectivity index is 0.00000300. The van der Waals surface area contributed by atoms with Crippen LogP contribution >= 0.6 is 24.0 Å². The number of halogens is 1. The molecular formula is C22H29IN6. The number of hydrogen-bond acceptors (Lipinski definition) is 3. The molecule has 7 heteroatoms. The number of benzene rings is 2. The first-order chi connectivity index (χ1) is 13.7. The van der Waals surface area contributed by atoms with Gasteiger partial charge in [-0.3, -0.25) is 4.57 Å². The van der Waals surface area contributed by atoms with Crippen molar-refractivity contribution >= 4 is 29.9 Å². The molecule has 3 rings (SSSR count). The number of hydrogen-bond donors (Lipinski definition) is 2. The maximum atomic E-state index is 4.70. The lowest BCUT2D eigenvalue weighted by molar-refractivity contribution is 0.697. The van der Waals surface area contributed by atoms with Gasteiger partial charge in [-0.25, -0.2) is 4.99 Å². The fraction of sp³-hybridized carbons (Fsp3) is 0.318. The molecule has 1 aromatic heterocycles. The van der Waals surface area contributed by atoms with Gasteiger partial charge >= 0.3 is 0 Å². The van der Waals surface area contributed by atoms with Crippen LogP contribution in [0, 0.1) is 6.92 Å². The van der Waals surface area contributed by atoms with Crippen LogP contribution in [-0.4, -0.2) is 33.8 Å². The van der Waals surface area contributed by atoms with Crippen molar-refractivity contribution in [2.45, 2.75) is 33.2 Å². The number of rotatable bonds is 7. The number of guanidine groups is 1. The summed E-state index contributed by atoms with van der Waals surface area (Å²) in [4.78, 5) is 4.70. The van der Waals surface area contributed by atoms with Crippen molar-refractivity contribution < 1.29 is 0 Å². The minimum atomic E-state index is 0. The Morgan fingerprint density at radius 3 is 2.62 bits per heavy atom. The zero-order chi connectivity index (χ0) is 19.8. The molecule has 0 aliphatic rings. The molecule has 0 aliphatic carbocycles. The molecule has 29 heavy (non-hydrogen) atoms. The zero-order valence-corrected chi connectivity index (χ0v) is 19.5. The summed E-state index contributed by atoms with van der Waals surface area (Å²) < 4.78 is 1.96. The minimum Gasteiger partial charge on any atom is -0.357 e. The third-order valence-electron chi connectivity index (χ3n) is 4.56. The van der Waals surface area contributed by atoms with Crippen LogP contribution in [0.3, 0.4) is 0 Å².